The highest BCUT2D eigenvalue weighted by Crippen LogP contribution is 2.38. The summed E-state index contributed by atoms with van der Waals surface area (Å²) in [4.78, 5) is 22.7. The first kappa shape index (κ1) is 9.69. The van der Waals surface area contributed by atoms with Gasteiger partial charge in [0.2, 0.25) is 0 Å². The van der Waals surface area contributed by atoms with Crippen LogP contribution in [0, 0.1) is 17.8 Å². The minimum absolute atomic E-state index is 0.0531. The summed E-state index contributed by atoms with van der Waals surface area (Å²) in [5.74, 6) is -0.523. The van der Waals surface area contributed by atoms with Gasteiger partial charge in [0.25, 0.3) is 0 Å². The first-order chi connectivity index (χ1) is 6.68. The van der Waals surface area contributed by atoms with Crippen molar-refractivity contribution in [2.45, 2.75) is 38.5 Å². The lowest BCUT2D eigenvalue weighted by molar-refractivity contribution is -0.146. The molecule has 3 nitrogen and oxygen atoms in total. The smallest absolute Gasteiger partial charge is 0.306 e. The maximum atomic E-state index is 11.8. The molecule has 1 N–H and O–H groups in total. The van der Waals surface area contributed by atoms with E-state index in [0.29, 0.717) is 18.6 Å². The van der Waals surface area contributed by atoms with Crippen molar-refractivity contribution in [3.05, 3.63) is 0 Å². The fourth-order valence-electron chi connectivity index (χ4n) is 2.85. The number of ketones is 1. The molecule has 1 unspecified atom stereocenters. The van der Waals surface area contributed by atoms with Crippen molar-refractivity contribution < 1.29 is 14.7 Å². The standard InChI is InChI=1S/C11H16O3/c12-10-7-3-1-2-4-8(10)6-9(5-7)11(13)14/h7-9H,1-6H2,(H,13,14)/t7-,8+,9?. The second-order valence-electron chi connectivity index (χ2n) is 4.59. The van der Waals surface area contributed by atoms with Crippen LogP contribution in [0.2, 0.25) is 0 Å². The van der Waals surface area contributed by atoms with E-state index in [1.54, 1.807) is 0 Å². The summed E-state index contributed by atoms with van der Waals surface area (Å²) in [6, 6.07) is 0. The number of fused-ring (bicyclic) bond motifs is 2. The van der Waals surface area contributed by atoms with E-state index in [1.165, 1.54) is 0 Å². The SMILES string of the molecule is O=C(O)C1C[C@H]2CCCC[C@@H](C1)C2=O. The molecule has 0 aromatic rings. The van der Waals surface area contributed by atoms with Crippen LogP contribution in [-0.4, -0.2) is 16.9 Å². The average molecular weight is 196 g/mol. The molecule has 0 aromatic heterocycles. The van der Waals surface area contributed by atoms with Gasteiger partial charge in [-0.2, -0.15) is 0 Å². The van der Waals surface area contributed by atoms with Crippen molar-refractivity contribution in [3.63, 3.8) is 0 Å². The van der Waals surface area contributed by atoms with Gasteiger partial charge in [-0.25, -0.2) is 0 Å². The number of carbonyl (C=O) groups is 2. The van der Waals surface area contributed by atoms with Crippen LogP contribution in [-0.2, 0) is 9.59 Å². The van der Waals surface area contributed by atoms with Crippen molar-refractivity contribution >= 4 is 11.8 Å². The largest absolute Gasteiger partial charge is 0.481 e. The fourth-order valence-corrected chi connectivity index (χ4v) is 2.85. The molecule has 14 heavy (non-hydrogen) atoms. The molecule has 3 heteroatoms. The van der Waals surface area contributed by atoms with E-state index in [9.17, 15) is 9.59 Å². The molecule has 3 atom stereocenters. The molecule has 0 heterocycles. The maximum Gasteiger partial charge on any atom is 0.306 e. The van der Waals surface area contributed by atoms with Crippen LogP contribution in [0.1, 0.15) is 38.5 Å². The molecule has 78 valence electrons. The van der Waals surface area contributed by atoms with Crippen LogP contribution in [0.15, 0.2) is 0 Å². The minimum atomic E-state index is -0.714. The number of rotatable bonds is 1. The van der Waals surface area contributed by atoms with Gasteiger partial charge in [-0.3, -0.25) is 9.59 Å². The number of carboxylic acids is 1. The Morgan fingerprint density at radius 3 is 2.07 bits per heavy atom. The second kappa shape index (κ2) is 3.71. The molecule has 2 aliphatic rings. The summed E-state index contributed by atoms with van der Waals surface area (Å²) in [6.07, 6.45) is 5.20. The number of hydrogen-bond acceptors (Lipinski definition) is 2. The van der Waals surface area contributed by atoms with Crippen molar-refractivity contribution in [2.24, 2.45) is 17.8 Å². The second-order valence-corrected chi connectivity index (χ2v) is 4.59. The lowest BCUT2D eigenvalue weighted by atomic mass is 9.73. The average Bonchev–Trinajstić information content (AvgIpc) is 2.28. The summed E-state index contributed by atoms with van der Waals surface area (Å²) in [5, 5.41) is 8.96. The zero-order chi connectivity index (χ0) is 10.1. The van der Waals surface area contributed by atoms with Gasteiger partial charge >= 0.3 is 5.97 Å². The Hall–Kier alpha value is -0.860. The zero-order valence-electron chi connectivity index (χ0n) is 8.24. The number of hydrogen-bond donors (Lipinski definition) is 1. The quantitative estimate of drug-likeness (QED) is 0.696. The van der Waals surface area contributed by atoms with E-state index >= 15 is 0 Å². The summed E-state index contributed by atoms with van der Waals surface area (Å²) >= 11 is 0. The molecule has 0 aromatic carbocycles. The number of carboxylic acid groups (broad SMARTS) is 1. The van der Waals surface area contributed by atoms with Crippen molar-refractivity contribution in [2.75, 3.05) is 0 Å². The van der Waals surface area contributed by atoms with E-state index in [4.69, 9.17) is 5.11 Å². The number of Topliss-reactive ketones (excluding diaryl/α,β-unsaturated/α-hetero) is 1. The highest BCUT2D eigenvalue weighted by molar-refractivity contribution is 5.86. The van der Waals surface area contributed by atoms with Crippen LogP contribution in [0.3, 0.4) is 0 Å². The van der Waals surface area contributed by atoms with Crippen LogP contribution in [0.5, 0.6) is 0 Å². The molecular weight excluding hydrogens is 180 g/mol. The Bertz CT molecular complexity index is 241. The third-order valence-corrected chi connectivity index (χ3v) is 3.65. The molecule has 0 spiro atoms. The van der Waals surface area contributed by atoms with Gasteiger partial charge < -0.3 is 5.11 Å². The molecule has 2 bridgehead atoms. The molecule has 2 aliphatic carbocycles. The molecule has 2 fully saturated rings. The van der Waals surface area contributed by atoms with E-state index in [1.807, 2.05) is 0 Å². The third kappa shape index (κ3) is 1.68. The molecular formula is C11H16O3. The molecule has 2 rings (SSSR count). The van der Waals surface area contributed by atoms with Gasteiger partial charge in [0.15, 0.2) is 0 Å². The van der Waals surface area contributed by atoms with Gasteiger partial charge in [0, 0.05) is 11.8 Å². The van der Waals surface area contributed by atoms with E-state index in [0.717, 1.165) is 25.7 Å². The topological polar surface area (TPSA) is 54.4 Å². The summed E-state index contributed by atoms with van der Waals surface area (Å²) < 4.78 is 0. The third-order valence-electron chi connectivity index (χ3n) is 3.65. The van der Waals surface area contributed by atoms with Crippen molar-refractivity contribution in [1.82, 2.24) is 0 Å². The molecule has 0 radical (unpaired) electrons. The highest BCUT2D eigenvalue weighted by Gasteiger charge is 2.39. The molecule has 0 saturated heterocycles. The fraction of sp³-hybridized carbons (Fsp3) is 0.818. The van der Waals surface area contributed by atoms with Gasteiger partial charge in [-0.05, 0) is 25.7 Å². The summed E-state index contributed by atoms with van der Waals surface area (Å²) in [7, 11) is 0. The zero-order valence-corrected chi connectivity index (χ0v) is 8.24. The predicted octanol–water partition coefficient (Wildman–Crippen LogP) is 1.86. The summed E-state index contributed by atoms with van der Waals surface area (Å²) in [6.45, 7) is 0. The predicted molar refractivity (Wildman–Crippen MR) is 50.8 cm³/mol. The molecule has 0 aliphatic heterocycles. The monoisotopic (exact) mass is 196 g/mol. The molecule has 0 amide bonds. The number of carbonyl (C=O) groups excluding carboxylic acids is 1. The summed E-state index contributed by atoms with van der Waals surface area (Å²) in [5.41, 5.74) is 0. The van der Waals surface area contributed by atoms with Gasteiger partial charge in [0.1, 0.15) is 5.78 Å². The van der Waals surface area contributed by atoms with Gasteiger partial charge in [0.05, 0.1) is 5.92 Å². The highest BCUT2D eigenvalue weighted by atomic mass is 16.4. The van der Waals surface area contributed by atoms with Crippen LogP contribution in [0.25, 0.3) is 0 Å². The number of aliphatic carboxylic acids is 1. The van der Waals surface area contributed by atoms with E-state index in [2.05, 4.69) is 0 Å². The Morgan fingerprint density at radius 2 is 1.64 bits per heavy atom. The van der Waals surface area contributed by atoms with Crippen LogP contribution in [0.4, 0.5) is 0 Å². The molecule has 2 saturated carbocycles. The van der Waals surface area contributed by atoms with Gasteiger partial charge in [-0.15, -0.1) is 0 Å². The van der Waals surface area contributed by atoms with Crippen LogP contribution < -0.4 is 0 Å². The van der Waals surface area contributed by atoms with Crippen molar-refractivity contribution in [1.29, 1.82) is 0 Å². The van der Waals surface area contributed by atoms with Gasteiger partial charge in [-0.1, -0.05) is 12.8 Å². The van der Waals surface area contributed by atoms with E-state index in [-0.39, 0.29) is 17.8 Å². The lowest BCUT2D eigenvalue weighted by Crippen LogP contribution is -2.34. The maximum absolute atomic E-state index is 11.8. The van der Waals surface area contributed by atoms with E-state index < -0.39 is 5.97 Å². The normalized spacial score (nSPS) is 37.7. The lowest BCUT2D eigenvalue weighted by Gasteiger charge is -2.29. The Kier molecular flexibility index (Phi) is 2.57. The first-order valence-corrected chi connectivity index (χ1v) is 5.45. The van der Waals surface area contributed by atoms with Crippen molar-refractivity contribution in [3.8, 4) is 0 Å². The Morgan fingerprint density at radius 1 is 1.14 bits per heavy atom. The van der Waals surface area contributed by atoms with Crippen LogP contribution >= 0.6 is 0 Å². The minimum Gasteiger partial charge on any atom is -0.481 e. The Balaban J connectivity index is 2.14. The Labute approximate surface area is 83.5 Å². The first-order valence-electron chi connectivity index (χ1n) is 5.45.